The normalized spacial score (nSPS) is 11.4. The van der Waals surface area contributed by atoms with Crippen molar-refractivity contribution in [1.82, 2.24) is 0 Å². The van der Waals surface area contributed by atoms with E-state index in [9.17, 15) is 22.4 Å². The van der Waals surface area contributed by atoms with Crippen molar-refractivity contribution in [3.05, 3.63) is 23.5 Å². The second-order valence-electron chi connectivity index (χ2n) is 3.50. The summed E-state index contributed by atoms with van der Waals surface area (Å²) in [4.78, 5) is 11.0. The van der Waals surface area contributed by atoms with E-state index in [-0.39, 0.29) is 41.0 Å². The van der Waals surface area contributed by atoms with E-state index in [0.717, 1.165) is 12.1 Å². The van der Waals surface area contributed by atoms with Gasteiger partial charge in [-0.05, 0) is 23.9 Å². The van der Waals surface area contributed by atoms with E-state index in [1.165, 1.54) is 0 Å². The second kappa shape index (κ2) is 6.00. The summed E-state index contributed by atoms with van der Waals surface area (Å²) in [7, 11) is 0. The number of nitrogen functional groups attached to an aromatic ring is 1. The molecule has 0 saturated carbocycles. The number of anilines is 2. The average molecular weight is 297 g/mol. The first kappa shape index (κ1) is 15.4. The number of rotatable bonds is 5. The van der Waals surface area contributed by atoms with Crippen LogP contribution in [0.3, 0.4) is 0 Å². The van der Waals surface area contributed by atoms with Gasteiger partial charge in [0.25, 0.3) is 5.91 Å². The fourth-order valence-corrected chi connectivity index (χ4v) is 1.73. The zero-order valence-electron chi connectivity index (χ0n) is 9.55. The SMILES string of the molecule is NC(=O)c1cc(NCCSC(F)(F)F)c(F)cc1N. The van der Waals surface area contributed by atoms with Crippen molar-refractivity contribution in [2.75, 3.05) is 23.3 Å². The maximum atomic E-state index is 13.4. The summed E-state index contributed by atoms with van der Waals surface area (Å²) in [5, 5.41) is 2.45. The summed E-state index contributed by atoms with van der Waals surface area (Å²) in [6, 6.07) is 1.96. The Morgan fingerprint density at radius 1 is 1.37 bits per heavy atom. The summed E-state index contributed by atoms with van der Waals surface area (Å²) >= 11 is -0.229. The number of carbonyl (C=O) groups excluding carboxylic acids is 1. The Kier molecular flexibility index (Phi) is 4.87. The fourth-order valence-electron chi connectivity index (χ4n) is 1.29. The van der Waals surface area contributed by atoms with Gasteiger partial charge in [-0.25, -0.2) is 4.39 Å². The van der Waals surface area contributed by atoms with E-state index >= 15 is 0 Å². The Morgan fingerprint density at radius 3 is 2.53 bits per heavy atom. The minimum absolute atomic E-state index is 0.0904. The number of amides is 1. The molecular formula is C10H11F4N3OS. The summed E-state index contributed by atoms with van der Waals surface area (Å²) in [6.45, 7) is -0.122. The average Bonchev–Trinajstić information content (AvgIpc) is 2.24. The van der Waals surface area contributed by atoms with Crippen LogP contribution >= 0.6 is 11.8 Å². The first-order valence-corrected chi connectivity index (χ1v) is 6.02. The molecule has 1 amide bonds. The third-order valence-corrected chi connectivity index (χ3v) is 2.82. The Labute approximate surface area is 110 Å². The van der Waals surface area contributed by atoms with Gasteiger partial charge < -0.3 is 16.8 Å². The topological polar surface area (TPSA) is 81.1 Å². The lowest BCUT2D eigenvalue weighted by Gasteiger charge is -2.11. The molecule has 0 atom stereocenters. The van der Waals surface area contributed by atoms with Crippen LogP contribution in [0.25, 0.3) is 0 Å². The monoisotopic (exact) mass is 297 g/mol. The molecule has 5 N–H and O–H groups in total. The lowest BCUT2D eigenvalue weighted by molar-refractivity contribution is -0.0327. The van der Waals surface area contributed by atoms with Crippen LogP contribution in [0.15, 0.2) is 12.1 Å². The number of primary amides is 1. The van der Waals surface area contributed by atoms with E-state index < -0.39 is 17.2 Å². The highest BCUT2D eigenvalue weighted by Gasteiger charge is 2.27. The van der Waals surface area contributed by atoms with Crippen LogP contribution in [0.5, 0.6) is 0 Å². The quantitative estimate of drug-likeness (QED) is 0.442. The Morgan fingerprint density at radius 2 is 2.00 bits per heavy atom. The Hall–Kier alpha value is -1.64. The Bertz CT molecular complexity index is 479. The number of nitrogens with one attached hydrogen (secondary N) is 1. The van der Waals surface area contributed by atoms with Crippen LogP contribution in [0.4, 0.5) is 28.9 Å². The van der Waals surface area contributed by atoms with Crippen molar-refractivity contribution in [2.24, 2.45) is 5.73 Å². The molecule has 1 rings (SSSR count). The third kappa shape index (κ3) is 4.86. The van der Waals surface area contributed by atoms with E-state index in [2.05, 4.69) is 5.32 Å². The molecule has 0 aliphatic heterocycles. The molecule has 0 heterocycles. The molecule has 0 radical (unpaired) electrons. The van der Waals surface area contributed by atoms with Crippen molar-refractivity contribution >= 4 is 29.0 Å². The molecule has 1 aromatic rings. The van der Waals surface area contributed by atoms with Crippen LogP contribution in [-0.4, -0.2) is 23.7 Å². The van der Waals surface area contributed by atoms with Gasteiger partial charge in [-0.3, -0.25) is 4.79 Å². The zero-order chi connectivity index (χ0) is 14.6. The van der Waals surface area contributed by atoms with Gasteiger partial charge in [0.15, 0.2) is 0 Å². The third-order valence-electron chi connectivity index (χ3n) is 2.09. The van der Waals surface area contributed by atoms with Gasteiger partial charge in [0.2, 0.25) is 0 Å². The number of thioether (sulfide) groups is 1. The summed E-state index contributed by atoms with van der Waals surface area (Å²) in [5.74, 6) is -1.90. The fraction of sp³-hybridized carbons (Fsp3) is 0.300. The lowest BCUT2D eigenvalue weighted by Crippen LogP contribution is -2.16. The first-order chi connectivity index (χ1) is 8.70. The highest BCUT2D eigenvalue weighted by atomic mass is 32.2. The molecule has 0 aliphatic carbocycles. The van der Waals surface area contributed by atoms with E-state index in [0.29, 0.717) is 0 Å². The molecule has 0 bridgehead atoms. The lowest BCUT2D eigenvalue weighted by atomic mass is 10.1. The van der Waals surface area contributed by atoms with E-state index in [4.69, 9.17) is 11.5 Å². The van der Waals surface area contributed by atoms with Gasteiger partial charge in [-0.2, -0.15) is 13.2 Å². The van der Waals surface area contributed by atoms with E-state index in [1.807, 2.05) is 0 Å². The minimum atomic E-state index is -4.33. The molecular weight excluding hydrogens is 286 g/mol. The summed E-state index contributed by atoms with van der Waals surface area (Å²) < 4.78 is 49.0. The van der Waals surface area contributed by atoms with Crippen LogP contribution in [0, 0.1) is 5.82 Å². The predicted octanol–water partition coefficient (Wildman–Crippen LogP) is 2.17. The number of carbonyl (C=O) groups is 1. The van der Waals surface area contributed by atoms with Gasteiger partial charge >= 0.3 is 5.51 Å². The number of hydrogen-bond donors (Lipinski definition) is 3. The molecule has 0 aliphatic rings. The van der Waals surface area contributed by atoms with Crippen molar-refractivity contribution in [2.45, 2.75) is 5.51 Å². The zero-order valence-corrected chi connectivity index (χ0v) is 10.4. The molecule has 19 heavy (non-hydrogen) atoms. The van der Waals surface area contributed by atoms with Gasteiger partial charge in [0.05, 0.1) is 11.3 Å². The molecule has 9 heteroatoms. The van der Waals surface area contributed by atoms with E-state index in [1.54, 1.807) is 0 Å². The summed E-state index contributed by atoms with van der Waals surface area (Å²) in [5.41, 5.74) is 5.74. The van der Waals surface area contributed by atoms with Crippen LogP contribution in [0.2, 0.25) is 0 Å². The number of alkyl halides is 3. The van der Waals surface area contributed by atoms with Crippen LogP contribution < -0.4 is 16.8 Å². The van der Waals surface area contributed by atoms with Crippen LogP contribution in [-0.2, 0) is 0 Å². The van der Waals surface area contributed by atoms with Crippen molar-refractivity contribution in [3.8, 4) is 0 Å². The van der Waals surface area contributed by atoms with Gasteiger partial charge in [0, 0.05) is 18.0 Å². The molecule has 0 spiro atoms. The molecule has 0 saturated heterocycles. The highest BCUT2D eigenvalue weighted by Crippen LogP contribution is 2.30. The second-order valence-corrected chi connectivity index (χ2v) is 4.66. The first-order valence-electron chi connectivity index (χ1n) is 5.04. The number of benzene rings is 1. The minimum Gasteiger partial charge on any atom is -0.398 e. The van der Waals surface area contributed by atoms with Crippen molar-refractivity contribution in [1.29, 1.82) is 0 Å². The maximum Gasteiger partial charge on any atom is 0.441 e. The number of hydrogen-bond acceptors (Lipinski definition) is 4. The van der Waals surface area contributed by atoms with Gasteiger partial charge in [-0.15, -0.1) is 0 Å². The van der Waals surface area contributed by atoms with Gasteiger partial charge in [-0.1, -0.05) is 0 Å². The molecule has 0 fully saturated rings. The molecule has 106 valence electrons. The van der Waals surface area contributed by atoms with Crippen LogP contribution in [0.1, 0.15) is 10.4 Å². The molecule has 1 aromatic carbocycles. The number of halogens is 4. The number of nitrogens with two attached hydrogens (primary N) is 2. The Balaban J connectivity index is 2.68. The van der Waals surface area contributed by atoms with Gasteiger partial charge in [0.1, 0.15) is 5.82 Å². The summed E-state index contributed by atoms with van der Waals surface area (Å²) in [6.07, 6.45) is 0. The molecule has 0 aromatic heterocycles. The maximum absolute atomic E-state index is 13.4. The van der Waals surface area contributed by atoms with Crippen molar-refractivity contribution < 1.29 is 22.4 Å². The van der Waals surface area contributed by atoms with Crippen molar-refractivity contribution in [3.63, 3.8) is 0 Å². The standard InChI is InChI=1S/C10H11F4N3OS/c11-6-4-7(15)5(9(16)18)3-8(6)17-1-2-19-10(12,13)14/h3-4,17H,1-2,15H2,(H2,16,18). The largest absolute Gasteiger partial charge is 0.441 e. The molecule has 0 unspecified atom stereocenters. The highest BCUT2D eigenvalue weighted by molar-refractivity contribution is 8.00. The smallest absolute Gasteiger partial charge is 0.398 e. The molecule has 4 nitrogen and oxygen atoms in total. The predicted molar refractivity (Wildman–Crippen MR) is 66.3 cm³/mol.